The van der Waals surface area contributed by atoms with E-state index in [1.165, 1.54) is 32.1 Å². The fourth-order valence-electron chi connectivity index (χ4n) is 2.02. The molecule has 1 aromatic rings. The van der Waals surface area contributed by atoms with Gasteiger partial charge in [0.25, 0.3) is 0 Å². The van der Waals surface area contributed by atoms with Crippen LogP contribution in [-0.2, 0) is 0 Å². The highest BCUT2D eigenvalue weighted by Crippen LogP contribution is 2.22. The van der Waals surface area contributed by atoms with Crippen molar-refractivity contribution in [2.75, 3.05) is 5.32 Å². The molecule has 0 aromatic heterocycles. The van der Waals surface area contributed by atoms with Gasteiger partial charge in [-0.15, -0.1) is 0 Å². The van der Waals surface area contributed by atoms with Crippen molar-refractivity contribution in [2.24, 2.45) is 0 Å². The summed E-state index contributed by atoms with van der Waals surface area (Å²) in [6.07, 6.45) is 6.09. The molecule has 0 aliphatic heterocycles. The monoisotopic (exact) mass is 308 g/mol. The van der Waals surface area contributed by atoms with Crippen LogP contribution in [0.2, 0.25) is 0 Å². The fraction of sp³-hybridized carbons (Fsp3) is 0.533. The van der Waals surface area contributed by atoms with Gasteiger partial charge in [0.05, 0.1) is 5.56 Å². The first-order chi connectivity index (χ1) is 8.71. The standard InChI is InChI=1S/C15H21BrN2/c1-3-5-7-13(6-4-2)18-14-9-8-12(11-17)15(16)10-14/h8-10,13,18H,3-7H2,1-2H3. The van der Waals surface area contributed by atoms with Gasteiger partial charge in [0, 0.05) is 16.2 Å². The van der Waals surface area contributed by atoms with Crippen molar-refractivity contribution in [3.63, 3.8) is 0 Å². The van der Waals surface area contributed by atoms with Crippen LogP contribution in [0.1, 0.15) is 51.5 Å². The zero-order valence-corrected chi connectivity index (χ0v) is 12.8. The Morgan fingerprint density at radius 2 is 2.06 bits per heavy atom. The Morgan fingerprint density at radius 3 is 2.61 bits per heavy atom. The molecule has 0 heterocycles. The van der Waals surface area contributed by atoms with E-state index in [1.807, 2.05) is 18.2 Å². The molecule has 0 bridgehead atoms. The van der Waals surface area contributed by atoms with Crippen LogP contribution in [0.5, 0.6) is 0 Å². The van der Waals surface area contributed by atoms with Gasteiger partial charge < -0.3 is 5.32 Å². The molecule has 0 saturated carbocycles. The van der Waals surface area contributed by atoms with Crippen LogP contribution in [0.25, 0.3) is 0 Å². The molecule has 0 spiro atoms. The molecule has 0 aliphatic rings. The zero-order chi connectivity index (χ0) is 13.4. The summed E-state index contributed by atoms with van der Waals surface area (Å²) < 4.78 is 0.862. The lowest BCUT2D eigenvalue weighted by atomic mass is 10.0. The average molecular weight is 309 g/mol. The van der Waals surface area contributed by atoms with Gasteiger partial charge in [-0.05, 0) is 47.0 Å². The predicted octanol–water partition coefficient (Wildman–Crippen LogP) is 5.09. The van der Waals surface area contributed by atoms with Crippen LogP contribution < -0.4 is 5.32 Å². The Balaban J connectivity index is 2.68. The molecule has 3 heteroatoms. The van der Waals surface area contributed by atoms with Gasteiger partial charge in [-0.2, -0.15) is 5.26 Å². The lowest BCUT2D eigenvalue weighted by Crippen LogP contribution is -2.19. The van der Waals surface area contributed by atoms with E-state index >= 15 is 0 Å². The summed E-state index contributed by atoms with van der Waals surface area (Å²) in [6, 6.07) is 8.53. The molecule has 1 N–H and O–H groups in total. The summed E-state index contributed by atoms with van der Waals surface area (Å²) in [6.45, 7) is 4.44. The molecule has 98 valence electrons. The Kier molecular flexibility index (Phi) is 6.82. The van der Waals surface area contributed by atoms with E-state index in [1.54, 1.807) is 0 Å². The van der Waals surface area contributed by atoms with Crippen LogP contribution in [0.15, 0.2) is 22.7 Å². The quantitative estimate of drug-likeness (QED) is 0.761. The number of anilines is 1. The minimum Gasteiger partial charge on any atom is -0.382 e. The van der Waals surface area contributed by atoms with Gasteiger partial charge in [0.2, 0.25) is 0 Å². The van der Waals surface area contributed by atoms with Gasteiger partial charge >= 0.3 is 0 Å². The topological polar surface area (TPSA) is 35.8 Å². The van der Waals surface area contributed by atoms with Crippen LogP contribution in [0.4, 0.5) is 5.69 Å². The number of hydrogen-bond acceptors (Lipinski definition) is 2. The van der Waals surface area contributed by atoms with Crippen molar-refractivity contribution in [3.05, 3.63) is 28.2 Å². The molecule has 1 unspecified atom stereocenters. The summed E-state index contributed by atoms with van der Waals surface area (Å²) in [7, 11) is 0. The van der Waals surface area contributed by atoms with Crippen molar-refractivity contribution in [3.8, 4) is 6.07 Å². The molecule has 0 amide bonds. The number of unbranched alkanes of at least 4 members (excludes halogenated alkanes) is 1. The molecule has 2 nitrogen and oxygen atoms in total. The van der Waals surface area contributed by atoms with Crippen molar-refractivity contribution >= 4 is 21.6 Å². The van der Waals surface area contributed by atoms with Crippen LogP contribution in [-0.4, -0.2) is 6.04 Å². The van der Waals surface area contributed by atoms with E-state index < -0.39 is 0 Å². The Labute approximate surface area is 119 Å². The molecule has 1 aromatic carbocycles. The maximum absolute atomic E-state index is 8.89. The highest BCUT2D eigenvalue weighted by molar-refractivity contribution is 9.10. The molecule has 0 fully saturated rings. The van der Waals surface area contributed by atoms with Crippen LogP contribution in [0.3, 0.4) is 0 Å². The van der Waals surface area contributed by atoms with E-state index in [0.717, 1.165) is 10.2 Å². The van der Waals surface area contributed by atoms with Gasteiger partial charge in [-0.1, -0.05) is 33.1 Å². The third kappa shape index (κ3) is 4.70. The number of benzene rings is 1. The normalized spacial score (nSPS) is 11.9. The lowest BCUT2D eigenvalue weighted by Gasteiger charge is -2.19. The second kappa shape index (κ2) is 8.16. The van der Waals surface area contributed by atoms with E-state index in [4.69, 9.17) is 5.26 Å². The van der Waals surface area contributed by atoms with Crippen LogP contribution >= 0.6 is 15.9 Å². The van der Waals surface area contributed by atoms with Crippen molar-refractivity contribution in [1.29, 1.82) is 5.26 Å². The van der Waals surface area contributed by atoms with Gasteiger partial charge in [0.1, 0.15) is 6.07 Å². The fourth-order valence-corrected chi connectivity index (χ4v) is 2.49. The number of rotatable bonds is 7. The first kappa shape index (κ1) is 15.0. The molecule has 1 rings (SSSR count). The highest BCUT2D eigenvalue weighted by Gasteiger charge is 2.08. The summed E-state index contributed by atoms with van der Waals surface area (Å²) in [5.41, 5.74) is 1.77. The van der Waals surface area contributed by atoms with Crippen LogP contribution in [0, 0.1) is 11.3 Å². The summed E-state index contributed by atoms with van der Waals surface area (Å²) in [5, 5.41) is 12.5. The van der Waals surface area contributed by atoms with Gasteiger partial charge in [0.15, 0.2) is 0 Å². The molecule has 0 radical (unpaired) electrons. The number of halogens is 1. The van der Waals surface area contributed by atoms with Crippen molar-refractivity contribution < 1.29 is 0 Å². The van der Waals surface area contributed by atoms with E-state index in [-0.39, 0.29) is 0 Å². The Hall–Kier alpha value is -1.01. The van der Waals surface area contributed by atoms with E-state index in [9.17, 15) is 0 Å². The molecule has 0 saturated heterocycles. The Bertz CT molecular complexity index is 409. The van der Waals surface area contributed by atoms with E-state index in [0.29, 0.717) is 11.6 Å². The number of nitriles is 1. The molecular weight excluding hydrogens is 288 g/mol. The summed E-state index contributed by atoms with van der Waals surface area (Å²) >= 11 is 3.43. The second-order valence-electron chi connectivity index (χ2n) is 4.58. The first-order valence-electron chi connectivity index (χ1n) is 6.67. The first-order valence-corrected chi connectivity index (χ1v) is 7.46. The largest absolute Gasteiger partial charge is 0.382 e. The third-order valence-electron chi connectivity index (χ3n) is 3.00. The van der Waals surface area contributed by atoms with Crippen molar-refractivity contribution in [1.82, 2.24) is 0 Å². The van der Waals surface area contributed by atoms with Gasteiger partial charge in [-0.25, -0.2) is 0 Å². The predicted molar refractivity (Wildman–Crippen MR) is 80.7 cm³/mol. The van der Waals surface area contributed by atoms with Gasteiger partial charge in [-0.3, -0.25) is 0 Å². The number of nitrogens with one attached hydrogen (secondary N) is 1. The SMILES string of the molecule is CCCCC(CCC)Nc1ccc(C#N)c(Br)c1. The minimum absolute atomic E-state index is 0.537. The zero-order valence-electron chi connectivity index (χ0n) is 11.2. The second-order valence-corrected chi connectivity index (χ2v) is 5.43. The molecule has 1 atom stereocenters. The molecule has 0 aliphatic carbocycles. The summed E-state index contributed by atoms with van der Waals surface area (Å²) in [5.74, 6) is 0. The Morgan fingerprint density at radius 1 is 1.28 bits per heavy atom. The maximum Gasteiger partial charge on any atom is 0.100 e. The van der Waals surface area contributed by atoms with E-state index in [2.05, 4.69) is 41.2 Å². The average Bonchev–Trinajstić information content (AvgIpc) is 2.36. The molecular formula is C15H21BrN2. The molecule has 18 heavy (non-hydrogen) atoms. The minimum atomic E-state index is 0.537. The third-order valence-corrected chi connectivity index (χ3v) is 3.66. The smallest absolute Gasteiger partial charge is 0.100 e. The number of hydrogen-bond donors (Lipinski definition) is 1. The number of nitrogens with zero attached hydrogens (tertiary/aromatic N) is 1. The van der Waals surface area contributed by atoms with Crippen molar-refractivity contribution in [2.45, 2.75) is 52.0 Å². The highest BCUT2D eigenvalue weighted by atomic mass is 79.9. The summed E-state index contributed by atoms with van der Waals surface area (Å²) in [4.78, 5) is 0. The maximum atomic E-state index is 8.89. The lowest BCUT2D eigenvalue weighted by molar-refractivity contribution is 0.564.